The molecule has 1 fully saturated rings. The van der Waals surface area contributed by atoms with Gasteiger partial charge in [-0.1, -0.05) is 114 Å². The van der Waals surface area contributed by atoms with Crippen molar-refractivity contribution < 1.29 is 18.3 Å². The minimum Gasteiger partial charge on any atom is -0.368 e. The van der Waals surface area contributed by atoms with E-state index in [1.165, 1.54) is 12.1 Å². The Kier molecular flexibility index (Phi) is 6.96. The zero-order valence-electron chi connectivity index (χ0n) is 20.3. The molecule has 4 aromatic rings. The van der Waals surface area contributed by atoms with Gasteiger partial charge in [0.2, 0.25) is 5.60 Å². The van der Waals surface area contributed by atoms with Crippen LogP contribution in [0.2, 0.25) is 5.02 Å². The number of benzene rings is 4. The van der Waals surface area contributed by atoms with Gasteiger partial charge < -0.3 is 10.4 Å². The Bertz CT molecular complexity index is 1360. The quantitative estimate of drug-likeness (QED) is 0.196. The lowest BCUT2D eigenvalue weighted by atomic mass is 9.76. The lowest BCUT2D eigenvalue weighted by Gasteiger charge is -2.39. The van der Waals surface area contributed by atoms with Crippen LogP contribution in [0.25, 0.3) is 0 Å². The van der Waals surface area contributed by atoms with Gasteiger partial charge in [0.1, 0.15) is 5.54 Å². The summed E-state index contributed by atoms with van der Waals surface area (Å²) in [6.45, 7) is 0. The van der Waals surface area contributed by atoms with Gasteiger partial charge in [-0.05, 0) is 47.7 Å². The average Bonchev–Trinajstić information content (AvgIpc) is 3.77. The number of alkyl halides is 3. The first-order valence-electron chi connectivity index (χ1n) is 12.3. The Morgan fingerprint density at radius 1 is 0.737 bits per heavy atom. The highest BCUT2D eigenvalue weighted by Gasteiger charge is 2.56. The number of halogens is 4. The van der Waals surface area contributed by atoms with Crippen LogP contribution in [-0.4, -0.2) is 11.3 Å². The molecule has 1 atom stereocenters. The Morgan fingerprint density at radius 2 is 1.21 bits per heavy atom. The molecule has 0 radical (unpaired) electrons. The maximum Gasteiger partial charge on any atom is 0.433 e. The molecule has 1 saturated carbocycles. The van der Waals surface area contributed by atoms with Crippen LogP contribution in [0.1, 0.15) is 35.1 Å². The van der Waals surface area contributed by atoms with Gasteiger partial charge in [0.25, 0.3) is 0 Å². The van der Waals surface area contributed by atoms with E-state index in [4.69, 9.17) is 11.6 Å². The third-order valence-corrected chi connectivity index (χ3v) is 6.99. The van der Waals surface area contributed by atoms with Crippen molar-refractivity contribution in [3.8, 4) is 11.8 Å². The molecule has 1 aliphatic carbocycles. The van der Waals surface area contributed by atoms with E-state index in [0.717, 1.165) is 35.6 Å². The first kappa shape index (κ1) is 25.9. The Labute approximate surface area is 225 Å². The number of hydrogen-bond acceptors (Lipinski definition) is 2. The lowest BCUT2D eigenvalue weighted by Crippen LogP contribution is -2.43. The summed E-state index contributed by atoms with van der Waals surface area (Å²) >= 11 is 6.22. The van der Waals surface area contributed by atoms with E-state index in [-0.39, 0.29) is 16.6 Å². The average molecular weight is 532 g/mol. The Balaban J connectivity index is 1.79. The summed E-state index contributed by atoms with van der Waals surface area (Å²) in [5.74, 6) is 4.64. The largest absolute Gasteiger partial charge is 0.433 e. The van der Waals surface area contributed by atoms with Gasteiger partial charge in [0.05, 0.1) is 0 Å². The van der Waals surface area contributed by atoms with Crippen molar-refractivity contribution in [3.05, 3.63) is 136 Å². The Morgan fingerprint density at radius 3 is 1.63 bits per heavy atom. The third kappa shape index (κ3) is 4.90. The van der Waals surface area contributed by atoms with Gasteiger partial charge in [0.15, 0.2) is 0 Å². The van der Waals surface area contributed by atoms with Crippen LogP contribution in [0.3, 0.4) is 0 Å². The zero-order chi connectivity index (χ0) is 26.8. The number of nitrogens with one attached hydrogen (secondary N) is 1. The third-order valence-electron chi connectivity index (χ3n) is 6.76. The van der Waals surface area contributed by atoms with Crippen molar-refractivity contribution in [2.75, 3.05) is 5.32 Å². The summed E-state index contributed by atoms with van der Waals surface area (Å²) in [4.78, 5) is 0. The van der Waals surface area contributed by atoms with Gasteiger partial charge in [0, 0.05) is 22.2 Å². The predicted molar refractivity (Wildman–Crippen MR) is 145 cm³/mol. The fourth-order valence-electron chi connectivity index (χ4n) is 4.63. The number of aliphatic hydroxyl groups is 1. The predicted octanol–water partition coefficient (Wildman–Crippen LogP) is 7.91. The molecule has 6 heteroatoms. The summed E-state index contributed by atoms with van der Waals surface area (Å²) in [5.41, 5.74) is -2.50. The second-order valence-corrected chi connectivity index (χ2v) is 9.85. The molecular weight excluding hydrogens is 507 g/mol. The smallest absolute Gasteiger partial charge is 0.368 e. The molecule has 0 heterocycles. The van der Waals surface area contributed by atoms with Crippen LogP contribution in [0.5, 0.6) is 0 Å². The van der Waals surface area contributed by atoms with Crippen molar-refractivity contribution >= 4 is 17.3 Å². The molecule has 2 N–H and O–H groups in total. The van der Waals surface area contributed by atoms with E-state index in [1.807, 2.05) is 91.0 Å². The summed E-state index contributed by atoms with van der Waals surface area (Å²) in [6.07, 6.45) is -3.62. The number of hydrogen-bond donors (Lipinski definition) is 2. The van der Waals surface area contributed by atoms with E-state index in [9.17, 15) is 18.3 Å². The van der Waals surface area contributed by atoms with Crippen molar-refractivity contribution in [2.45, 2.75) is 30.2 Å². The summed E-state index contributed by atoms with van der Waals surface area (Å²) in [7, 11) is 0. The molecule has 2 nitrogen and oxygen atoms in total. The lowest BCUT2D eigenvalue weighted by molar-refractivity contribution is -0.240. The van der Waals surface area contributed by atoms with Crippen molar-refractivity contribution in [3.63, 3.8) is 0 Å². The molecule has 5 rings (SSSR count). The van der Waals surface area contributed by atoms with Gasteiger partial charge in [-0.2, -0.15) is 13.2 Å². The second-order valence-electron chi connectivity index (χ2n) is 9.41. The molecule has 0 spiro atoms. The minimum atomic E-state index is -5.06. The summed E-state index contributed by atoms with van der Waals surface area (Å²) < 4.78 is 43.7. The molecule has 0 aromatic heterocycles. The highest BCUT2D eigenvalue weighted by Crippen LogP contribution is 2.46. The monoisotopic (exact) mass is 531 g/mol. The number of anilines is 1. The van der Waals surface area contributed by atoms with Crippen molar-refractivity contribution in [1.82, 2.24) is 0 Å². The summed E-state index contributed by atoms with van der Waals surface area (Å²) in [6, 6.07) is 32.6. The van der Waals surface area contributed by atoms with E-state index < -0.39 is 22.9 Å². The van der Waals surface area contributed by atoms with E-state index in [2.05, 4.69) is 17.2 Å². The maximum atomic E-state index is 14.6. The standard InChI is InChI=1S/C32H25ClF3NO/c33-27-18-19-29(28(22-27)30(38,32(34,35)36)21-20-23-16-17-23)37-31(24-10-4-1-5-11-24,25-12-6-2-7-13-25)26-14-8-3-9-15-26/h1-15,18-19,22-23,37-38H,16-17H2. The normalized spacial score (nSPS) is 15.2. The first-order valence-corrected chi connectivity index (χ1v) is 12.7. The number of rotatable bonds is 6. The molecule has 4 aromatic carbocycles. The molecule has 38 heavy (non-hydrogen) atoms. The van der Waals surface area contributed by atoms with Crippen LogP contribution in [0, 0.1) is 17.8 Å². The first-order chi connectivity index (χ1) is 18.2. The topological polar surface area (TPSA) is 32.3 Å². The fourth-order valence-corrected chi connectivity index (χ4v) is 4.80. The molecule has 1 aliphatic rings. The van der Waals surface area contributed by atoms with Crippen LogP contribution >= 0.6 is 11.6 Å². The highest BCUT2D eigenvalue weighted by molar-refractivity contribution is 6.30. The minimum absolute atomic E-state index is 0.0613. The van der Waals surface area contributed by atoms with Gasteiger partial charge in [-0.3, -0.25) is 0 Å². The van der Waals surface area contributed by atoms with Gasteiger partial charge in [-0.15, -0.1) is 0 Å². The maximum absolute atomic E-state index is 14.6. The second kappa shape index (κ2) is 10.2. The molecule has 0 bridgehead atoms. The molecule has 1 unspecified atom stereocenters. The van der Waals surface area contributed by atoms with E-state index in [1.54, 1.807) is 0 Å². The molecule has 0 saturated heterocycles. The van der Waals surface area contributed by atoms with E-state index >= 15 is 0 Å². The van der Waals surface area contributed by atoms with Gasteiger partial charge in [-0.25, -0.2) is 0 Å². The molecule has 0 amide bonds. The van der Waals surface area contributed by atoms with E-state index in [0.29, 0.717) is 0 Å². The van der Waals surface area contributed by atoms with Crippen LogP contribution in [0.4, 0.5) is 18.9 Å². The van der Waals surface area contributed by atoms with Crippen LogP contribution in [0.15, 0.2) is 109 Å². The summed E-state index contributed by atoms with van der Waals surface area (Å²) in [5, 5.41) is 14.7. The van der Waals surface area contributed by atoms with Crippen molar-refractivity contribution in [2.24, 2.45) is 5.92 Å². The fraction of sp³-hybridized carbons (Fsp3) is 0.188. The molecule has 0 aliphatic heterocycles. The molecular formula is C32H25ClF3NO. The van der Waals surface area contributed by atoms with Crippen molar-refractivity contribution in [1.29, 1.82) is 0 Å². The van der Waals surface area contributed by atoms with Crippen LogP contribution < -0.4 is 5.32 Å². The SMILES string of the molecule is OC(C#CC1CC1)(c1cc(Cl)ccc1NC(c1ccccc1)(c1ccccc1)c1ccccc1)C(F)(F)F. The van der Waals surface area contributed by atoms with Gasteiger partial charge >= 0.3 is 6.18 Å². The Hall–Kier alpha value is -3.72. The zero-order valence-corrected chi connectivity index (χ0v) is 21.1. The van der Waals surface area contributed by atoms with Crippen LogP contribution in [-0.2, 0) is 11.1 Å². The molecule has 192 valence electrons. The highest BCUT2D eigenvalue weighted by atomic mass is 35.5.